The van der Waals surface area contributed by atoms with Gasteiger partial charge in [0, 0.05) is 11.4 Å². The molecule has 1 N–H and O–H groups in total. The van der Waals surface area contributed by atoms with Gasteiger partial charge in [0.15, 0.2) is 10.8 Å². The van der Waals surface area contributed by atoms with Crippen LogP contribution in [0.15, 0.2) is 9.90 Å². The van der Waals surface area contributed by atoms with Crippen molar-refractivity contribution in [1.29, 1.82) is 0 Å². The maximum Gasteiger partial charge on any atom is 0.280 e. The summed E-state index contributed by atoms with van der Waals surface area (Å²) >= 11 is 1.30. The smallest absolute Gasteiger partial charge is 0.280 e. The van der Waals surface area contributed by atoms with Crippen molar-refractivity contribution in [3.05, 3.63) is 16.2 Å². The van der Waals surface area contributed by atoms with Gasteiger partial charge in [-0.1, -0.05) is 24.4 Å². The standard InChI is InChI=1S/C13H16N4O2S/c1-8-14-12(19-17-8)10-7-20-13(16-10)11(18)15-9-5-3-2-4-6-9/h7,9H,2-6H2,1H3,(H,15,18). The molecular formula is C13H16N4O2S. The zero-order valence-electron chi connectivity index (χ0n) is 11.3. The maximum atomic E-state index is 12.1. The lowest BCUT2D eigenvalue weighted by Gasteiger charge is -2.22. The lowest BCUT2D eigenvalue weighted by Crippen LogP contribution is -2.36. The molecule has 2 aromatic rings. The van der Waals surface area contributed by atoms with Gasteiger partial charge in [-0.25, -0.2) is 4.98 Å². The van der Waals surface area contributed by atoms with E-state index in [0.29, 0.717) is 22.4 Å². The molecule has 0 spiro atoms. The van der Waals surface area contributed by atoms with Crippen LogP contribution in [0, 0.1) is 6.92 Å². The second-order valence-electron chi connectivity index (χ2n) is 4.99. The molecule has 1 aliphatic rings. The predicted molar refractivity (Wildman–Crippen MR) is 74.5 cm³/mol. The van der Waals surface area contributed by atoms with Gasteiger partial charge in [0.2, 0.25) is 0 Å². The van der Waals surface area contributed by atoms with E-state index in [4.69, 9.17) is 4.52 Å². The molecule has 0 aliphatic heterocycles. The van der Waals surface area contributed by atoms with Crippen LogP contribution in [-0.2, 0) is 0 Å². The average Bonchev–Trinajstić information content (AvgIpc) is 3.08. The number of rotatable bonds is 3. The lowest BCUT2D eigenvalue weighted by molar-refractivity contribution is 0.0927. The van der Waals surface area contributed by atoms with E-state index < -0.39 is 0 Å². The van der Waals surface area contributed by atoms with Crippen molar-refractivity contribution in [3.63, 3.8) is 0 Å². The quantitative estimate of drug-likeness (QED) is 0.940. The molecule has 3 rings (SSSR count). The van der Waals surface area contributed by atoms with Crippen molar-refractivity contribution >= 4 is 17.2 Å². The first-order valence-electron chi connectivity index (χ1n) is 6.79. The van der Waals surface area contributed by atoms with Crippen molar-refractivity contribution in [1.82, 2.24) is 20.4 Å². The van der Waals surface area contributed by atoms with Gasteiger partial charge in [-0.3, -0.25) is 4.79 Å². The largest absolute Gasteiger partial charge is 0.347 e. The van der Waals surface area contributed by atoms with Crippen LogP contribution in [0.2, 0.25) is 0 Å². The number of hydrogen-bond acceptors (Lipinski definition) is 6. The van der Waals surface area contributed by atoms with Crippen molar-refractivity contribution in [2.45, 2.75) is 45.1 Å². The zero-order valence-corrected chi connectivity index (χ0v) is 12.1. The van der Waals surface area contributed by atoms with Crippen LogP contribution in [0.5, 0.6) is 0 Å². The Morgan fingerprint density at radius 1 is 1.35 bits per heavy atom. The van der Waals surface area contributed by atoms with Crippen LogP contribution in [0.3, 0.4) is 0 Å². The minimum absolute atomic E-state index is 0.107. The number of nitrogens with one attached hydrogen (secondary N) is 1. The molecule has 2 aromatic heterocycles. The summed E-state index contributed by atoms with van der Waals surface area (Å²) in [7, 11) is 0. The van der Waals surface area contributed by atoms with Gasteiger partial charge in [-0.2, -0.15) is 4.98 Å². The Labute approximate surface area is 120 Å². The second kappa shape index (κ2) is 5.70. The van der Waals surface area contributed by atoms with E-state index in [1.54, 1.807) is 12.3 Å². The third-order valence-corrected chi connectivity index (χ3v) is 4.23. The van der Waals surface area contributed by atoms with Gasteiger partial charge in [0.25, 0.3) is 11.8 Å². The van der Waals surface area contributed by atoms with Crippen molar-refractivity contribution in [2.24, 2.45) is 0 Å². The summed E-state index contributed by atoms with van der Waals surface area (Å²) in [4.78, 5) is 20.5. The second-order valence-corrected chi connectivity index (χ2v) is 5.85. The molecule has 0 unspecified atom stereocenters. The number of amides is 1. The highest BCUT2D eigenvalue weighted by Crippen LogP contribution is 2.21. The summed E-state index contributed by atoms with van der Waals surface area (Å²) in [5.41, 5.74) is 0.560. The first-order valence-corrected chi connectivity index (χ1v) is 7.67. The molecule has 6 nitrogen and oxygen atoms in total. The molecule has 20 heavy (non-hydrogen) atoms. The summed E-state index contributed by atoms with van der Waals surface area (Å²) in [5, 5.41) is 8.98. The third kappa shape index (κ3) is 2.87. The number of thiazole rings is 1. The molecule has 7 heteroatoms. The SMILES string of the molecule is Cc1noc(-c2csc(C(=O)NC3CCCCC3)n2)n1. The molecule has 2 heterocycles. The van der Waals surface area contributed by atoms with E-state index in [1.165, 1.54) is 30.6 Å². The highest BCUT2D eigenvalue weighted by atomic mass is 32.1. The Hall–Kier alpha value is -1.76. The Morgan fingerprint density at radius 3 is 2.85 bits per heavy atom. The minimum atomic E-state index is -0.107. The molecule has 0 atom stereocenters. The van der Waals surface area contributed by atoms with E-state index >= 15 is 0 Å². The number of hydrogen-bond donors (Lipinski definition) is 1. The Balaban J connectivity index is 1.68. The fourth-order valence-corrected chi connectivity index (χ4v) is 3.07. The molecule has 0 radical (unpaired) electrons. The zero-order chi connectivity index (χ0) is 13.9. The molecule has 106 valence electrons. The monoisotopic (exact) mass is 292 g/mol. The van der Waals surface area contributed by atoms with Gasteiger partial charge in [0.1, 0.15) is 5.69 Å². The van der Waals surface area contributed by atoms with Crippen LogP contribution in [0.4, 0.5) is 0 Å². The fraction of sp³-hybridized carbons (Fsp3) is 0.538. The number of aromatic nitrogens is 3. The highest BCUT2D eigenvalue weighted by molar-refractivity contribution is 7.12. The van der Waals surface area contributed by atoms with Crippen LogP contribution < -0.4 is 5.32 Å². The van der Waals surface area contributed by atoms with Crippen molar-refractivity contribution < 1.29 is 9.32 Å². The molecule has 1 amide bonds. The van der Waals surface area contributed by atoms with E-state index in [1.807, 2.05) is 0 Å². The topological polar surface area (TPSA) is 80.9 Å². The summed E-state index contributed by atoms with van der Waals surface area (Å²) in [6.45, 7) is 1.75. The molecule has 0 bridgehead atoms. The number of carbonyl (C=O) groups excluding carboxylic acids is 1. The average molecular weight is 292 g/mol. The Morgan fingerprint density at radius 2 is 2.15 bits per heavy atom. The van der Waals surface area contributed by atoms with E-state index in [-0.39, 0.29) is 11.9 Å². The molecular weight excluding hydrogens is 276 g/mol. The van der Waals surface area contributed by atoms with Gasteiger partial charge in [-0.05, 0) is 19.8 Å². The number of aryl methyl sites for hydroxylation is 1. The van der Waals surface area contributed by atoms with Crippen LogP contribution in [0.25, 0.3) is 11.6 Å². The molecule has 1 aliphatic carbocycles. The first-order chi connectivity index (χ1) is 9.72. The van der Waals surface area contributed by atoms with Gasteiger partial charge in [-0.15, -0.1) is 11.3 Å². The third-order valence-electron chi connectivity index (χ3n) is 3.39. The van der Waals surface area contributed by atoms with E-state index in [2.05, 4.69) is 20.4 Å². The molecule has 1 fully saturated rings. The Kier molecular flexibility index (Phi) is 3.77. The summed E-state index contributed by atoms with van der Waals surface area (Å²) < 4.78 is 5.04. The van der Waals surface area contributed by atoms with E-state index in [9.17, 15) is 4.79 Å². The van der Waals surface area contributed by atoms with Crippen LogP contribution >= 0.6 is 11.3 Å². The van der Waals surface area contributed by atoms with Crippen LogP contribution in [-0.4, -0.2) is 27.1 Å². The van der Waals surface area contributed by atoms with Gasteiger partial charge >= 0.3 is 0 Å². The maximum absolute atomic E-state index is 12.1. The minimum Gasteiger partial charge on any atom is -0.347 e. The van der Waals surface area contributed by atoms with Crippen molar-refractivity contribution in [3.8, 4) is 11.6 Å². The van der Waals surface area contributed by atoms with Gasteiger partial charge in [0.05, 0.1) is 0 Å². The molecule has 1 saturated carbocycles. The highest BCUT2D eigenvalue weighted by Gasteiger charge is 2.20. The molecule has 0 saturated heterocycles. The van der Waals surface area contributed by atoms with Crippen molar-refractivity contribution in [2.75, 3.05) is 0 Å². The summed E-state index contributed by atoms with van der Waals surface area (Å²) in [5.74, 6) is 0.807. The lowest BCUT2D eigenvalue weighted by atomic mass is 9.95. The normalized spacial score (nSPS) is 16.2. The first kappa shape index (κ1) is 13.2. The Bertz CT molecular complexity index is 601. The summed E-state index contributed by atoms with van der Waals surface area (Å²) in [6, 6.07) is 0.286. The summed E-state index contributed by atoms with van der Waals surface area (Å²) in [6.07, 6.45) is 5.77. The predicted octanol–water partition coefficient (Wildman–Crippen LogP) is 2.56. The fourth-order valence-electron chi connectivity index (χ4n) is 2.37. The van der Waals surface area contributed by atoms with E-state index in [0.717, 1.165) is 12.8 Å². The molecule has 0 aromatic carbocycles. The number of nitrogens with zero attached hydrogens (tertiary/aromatic N) is 3. The number of carbonyl (C=O) groups is 1. The van der Waals surface area contributed by atoms with Crippen LogP contribution in [0.1, 0.15) is 47.7 Å². The van der Waals surface area contributed by atoms with Gasteiger partial charge < -0.3 is 9.84 Å².